The lowest BCUT2D eigenvalue weighted by atomic mass is 10.1. The van der Waals surface area contributed by atoms with Gasteiger partial charge in [0.15, 0.2) is 0 Å². The molecular weight excluding hydrogens is 328 g/mol. The van der Waals surface area contributed by atoms with E-state index in [1.807, 2.05) is 24.3 Å². The summed E-state index contributed by atoms with van der Waals surface area (Å²) < 4.78 is 0.966. The van der Waals surface area contributed by atoms with Crippen molar-refractivity contribution in [3.05, 3.63) is 34.3 Å². The summed E-state index contributed by atoms with van der Waals surface area (Å²) in [4.78, 5) is 14.8. The average molecular weight is 346 g/mol. The molecule has 0 saturated carbocycles. The molecule has 0 spiro atoms. The molecule has 0 aromatic heterocycles. The standard InChI is InChI=1S/C14H17BrN2O.ClH/c15-11-3-1-2-10(8-11)14(18)17-12-4-5-13(17)9-16-7-6-12;/h1-3,8,12-13,16H,4-7,9H2;1H. The fourth-order valence-corrected chi connectivity index (χ4v) is 3.48. The molecule has 0 aliphatic carbocycles. The van der Waals surface area contributed by atoms with Crippen LogP contribution in [0.25, 0.3) is 0 Å². The minimum absolute atomic E-state index is 0. The summed E-state index contributed by atoms with van der Waals surface area (Å²) >= 11 is 3.43. The van der Waals surface area contributed by atoms with Crippen molar-refractivity contribution in [2.24, 2.45) is 0 Å². The Morgan fingerprint density at radius 1 is 1.26 bits per heavy atom. The Balaban J connectivity index is 0.00000133. The van der Waals surface area contributed by atoms with E-state index in [-0.39, 0.29) is 18.3 Å². The summed E-state index contributed by atoms with van der Waals surface area (Å²) in [7, 11) is 0. The predicted molar refractivity (Wildman–Crippen MR) is 81.9 cm³/mol. The quantitative estimate of drug-likeness (QED) is 0.849. The van der Waals surface area contributed by atoms with E-state index in [0.717, 1.165) is 42.4 Å². The van der Waals surface area contributed by atoms with Gasteiger partial charge in [-0.15, -0.1) is 12.4 Å². The molecule has 2 fully saturated rings. The number of hydrogen-bond donors (Lipinski definition) is 1. The van der Waals surface area contributed by atoms with Crippen molar-refractivity contribution in [2.45, 2.75) is 31.3 Å². The summed E-state index contributed by atoms with van der Waals surface area (Å²) in [6, 6.07) is 8.51. The zero-order valence-electron chi connectivity index (χ0n) is 10.6. The molecule has 2 saturated heterocycles. The average Bonchev–Trinajstić information content (AvgIpc) is 2.62. The normalized spacial score (nSPS) is 25.6. The molecule has 2 heterocycles. The van der Waals surface area contributed by atoms with Crippen LogP contribution < -0.4 is 5.32 Å². The molecule has 2 unspecified atom stereocenters. The van der Waals surface area contributed by atoms with Gasteiger partial charge in [-0.05, 0) is 44.0 Å². The van der Waals surface area contributed by atoms with Crippen LogP contribution in [0.1, 0.15) is 29.6 Å². The molecule has 0 radical (unpaired) electrons. The molecule has 1 amide bonds. The highest BCUT2D eigenvalue weighted by Crippen LogP contribution is 2.29. The maximum absolute atomic E-state index is 12.6. The molecule has 3 rings (SSSR count). The molecule has 3 nitrogen and oxygen atoms in total. The Bertz CT molecular complexity index is 455. The zero-order valence-corrected chi connectivity index (χ0v) is 13.0. The molecule has 1 aromatic carbocycles. The molecule has 2 aliphatic rings. The van der Waals surface area contributed by atoms with Gasteiger partial charge >= 0.3 is 0 Å². The number of halogens is 2. The van der Waals surface area contributed by atoms with Crippen molar-refractivity contribution >= 4 is 34.2 Å². The first-order chi connectivity index (χ1) is 8.75. The lowest BCUT2D eigenvalue weighted by Crippen LogP contribution is -2.42. The van der Waals surface area contributed by atoms with Crippen LogP contribution in [0.2, 0.25) is 0 Å². The SMILES string of the molecule is Cl.O=C(c1cccc(Br)c1)N1C2CCNCC1CC2. The second kappa shape index (κ2) is 6.25. The van der Waals surface area contributed by atoms with E-state index >= 15 is 0 Å². The third kappa shape index (κ3) is 2.96. The van der Waals surface area contributed by atoms with Gasteiger partial charge in [0.05, 0.1) is 0 Å². The van der Waals surface area contributed by atoms with Gasteiger partial charge in [0.25, 0.3) is 5.91 Å². The fourth-order valence-electron chi connectivity index (χ4n) is 3.08. The molecule has 1 aromatic rings. The lowest BCUT2D eigenvalue weighted by molar-refractivity contribution is 0.0680. The van der Waals surface area contributed by atoms with Crippen LogP contribution in [0, 0.1) is 0 Å². The van der Waals surface area contributed by atoms with Gasteiger partial charge in [-0.3, -0.25) is 4.79 Å². The number of carbonyl (C=O) groups excluding carboxylic acids is 1. The van der Waals surface area contributed by atoms with E-state index in [2.05, 4.69) is 26.1 Å². The van der Waals surface area contributed by atoms with Crippen LogP contribution in [0.15, 0.2) is 28.7 Å². The van der Waals surface area contributed by atoms with Gasteiger partial charge in [0.1, 0.15) is 0 Å². The van der Waals surface area contributed by atoms with Crippen LogP contribution in [0.3, 0.4) is 0 Å². The number of nitrogens with one attached hydrogen (secondary N) is 1. The van der Waals surface area contributed by atoms with E-state index in [4.69, 9.17) is 0 Å². The zero-order chi connectivity index (χ0) is 12.5. The lowest BCUT2D eigenvalue weighted by Gasteiger charge is -2.28. The van der Waals surface area contributed by atoms with Gasteiger partial charge in [-0.1, -0.05) is 22.0 Å². The Morgan fingerprint density at radius 3 is 2.84 bits per heavy atom. The molecule has 2 atom stereocenters. The first kappa shape index (κ1) is 14.8. The summed E-state index contributed by atoms with van der Waals surface area (Å²) in [5.74, 6) is 0.188. The van der Waals surface area contributed by atoms with Crippen molar-refractivity contribution in [1.29, 1.82) is 0 Å². The molecule has 1 N–H and O–H groups in total. The summed E-state index contributed by atoms with van der Waals surface area (Å²) in [6.07, 6.45) is 3.37. The van der Waals surface area contributed by atoms with E-state index < -0.39 is 0 Å². The van der Waals surface area contributed by atoms with Gasteiger partial charge in [-0.2, -0.15) is 0 Å². The third-order valence-corrected chi connectivity index (χ3v) is 4.45. The molecule has 104 valence electrons. The number of amides is 1. The first-order valence-corrected chi connectivity index (χ1v) is 7.34. The smallest absolute Gasteiger partial charge is 0.254 e. The molecule has 5 heteroatoms. The summed E-state index contributed by atoms with van der Waals surface area (Å²) in [6.45, 7) is 1.97. The number of nitrogens with zero attached hydrogens (tertiary/aromatic N) is 1. The van der Waals surface area contributed by atoms with Crippen molar-refractivity contribution in [3.8, 4) is 0 Å². The van der Waals surface area contributed by atoms with Gasteiger partial charge in [-0.25, -0.2) is 0 Å². The highest BCUT2D eigenvalue weighted by atomic mass is 79.9. The predicted octanol–water partition coefficient (Wildman–Crippen LogP) is 2.84. The Kier molecular flexibility index (Phi) is 4.87. The number of benzene rings is 1. The second-order valence-electron chi connectivity index (χ2n) is 5.10. The van der Waals surface area contributed by atoms with Crippen LogP contribution in [-0.4, -0.2) is 36.0 Å². The Morgan fingerprint density at radius 2 is 2.05 bits per heavy atom. The van der Waals surface area contributed by atoms with E-state index in [0.29, 0.717) is 12.1 Å². The van der Waals surface area contributed by atoms with Crippen molar-refractivity contribution in [3.63, 3.8) is 0 Å². The highest BCUT2D eigenvalue weighted by molar-refractivity contribution is 9.10. The number of rotatable bonds is 1. The number of carbonyl (C=O) groups is 1. The molecule has 2 aliphatic heterocycles. The van der Waals surface area contributed by atoms with Crippen molar-refractivity contribution < 1.29 is 4.79 Å². The largest absolute Gasteiger partial charge is 0.331 e. The highest BCUT2D eigenvalue weighted by Gasteiger charge is 2.38. The van der Waals surface area contributed by atoms with Gasteiger partial charge in [0, 0.05) is 28.7 Å². The first-order valence-electron chi connectivity index (χ1n) is 6.54. The monoisotopic (exact) mass is 344 g/mol. The third-order valence-electron chi connectivity index (χ3n) is 3.96. The maximum atomic E-state index is 12.6. The topological polar surface area (TPSA) is 32.3 Å². The van der Waals surface area contributed by atoms with E-state index in [1.165, 1.54) is 0 Å². The Hall–Kier alpha value is -0.580. The molecule has 2 bridgehead atoms. The minimum Gasteiger partial charge on any atom is -0.331 e. The minimum atomic E-state index is 0. The van der Waals surface area contributed by atoms with Crippen LogP contribution >= 0.6 is 28.3 Å². The van der Waals surface area contributed by atoms with Crippen LogP contribution in [-0.2, 0) is 0 Å². The van der Waals surface area contributed by atoms with Gasteiger partial charge < -0.3 is 10.2 Å². The van der Waals surface area contributed by atoms with Gasteiger partial charge in [0.2, 0.25) is 0 Å². The summed E-state index contributed by atoms with van der Waals surface area (Å²) in [5.41, 5.74) is 0.795. The van der Waals surface area contributed by atoms with E-state index in [1.54, 1.807) is 0 Å². The fraction of sp³-hybridized carbons (Fsp3) is 0.500. The number of fused-ring (bicyclic) bond motifs is 2. The van der Waals surface area contributed by atoms with E-state index in [9.17, 15) is 4.79 Å². The molecular formula is C14H18BrClN2O. The van der Waals surface area contributed by atoms with Crippen molar-refractivity contribution in [2.75, 3.05) is 13.1 Å². The van der Waals surface area contributed by atoms with Crippen molar-refractivity contribution in [1.82, 2.24) is 10.2 Å². The summed E-state index contributed by atoms with van der Waals surface area (Å²) in [5, 5.41) is 3.42. The Labute approximate surface area is 128 Å². The second-order valence-corrected chi connectivity index (χ2v) is 6.02. The van der Waals surface area contributed by atoms with Crippen LogP contribution in [0.5, 0.6) is 0 Å². The maximum Gasteiger partial charge on any atom is 0.254 e. The number of hydrogen-bond acceptors (Lipinski definition) is 2. The molecule has 19 heavy (non-hydrogen) atoms. The van der Waals surface area contributed by atoms with Crippen LogP contribution in [0.4, 0.5) is 0 Å².